The molecule has 8 heteroatoms. The maximum Gasteiger partial charge on any atom is 0.322 e. The van der Waals surface area contributed by atoms with Gasteiger partial charge < -0.3 is 9.84 Å². The lowest BCUT2D eigenvalue weighted by atomic mass is 10.2. The number of carbonyl (C=O) groups is 1. The van der Waals surface area contributed by atoms with Crippen LogP contribution in [0, 0.1) is 0 Å². The van der Waals surface area contributed by atoms with Gasteiger partial charge in [0, 0.05) is 11.8 Å². The van der Waals surface area contributed by atoms with Gasteiger partial charge in [0.05, 0.1) is 12.0 Å². The smallest absolute Gasteiger partial charge is 0.322 e. The number of carboxylic acids is 1. The number of nitrogens with zero attached hydrogens (tertiary/aromatic N) is 1. The Kier molecular flexibility index (Phi) is 4.26. The van der Waals surface area contributed by atoms with Crippen molar-refractivity contribution in [2.75, 3.05) is 13.7 Å². The number of ether oxygens (including phenoxy) is 1. The predicted molar refractivity (Wildman–Crippen MR) is 75.7 cm³/mol. The molecule has 1 aromatic rings. The first kappa shape index (κ1) is 15.1. The third-order valence-corrected chi connectivity index (χ3v) is 5.45. The maximum atomic E-state index is 12.5. The van der Waals surface area contributed by atoms with Gasteiger partial charge in [-0.25, -0.2) is 8.42 Å². The molecule has 0 saturated carbocycles. The Bertz CT molecular complexity index is 599. The van der Waals surface area contributed by atoms with Crippen molar-refractivity contribution in [1.82, 2.24) is 4.31 Å². The average Bonchev–Trinajstić information content (AvgIpc) is 2.82. The van der Waals surface area contributed by atoms with Gasteiger partial charge in [-0.1, -0.05) is 0 Å². The maximum absolute atomic E-state index is 12.5. The molecule has 0 amide bonds. The normalized spacial score (nSPS) is 23.7. The highest BCUT2D eigenvalue weighted by atomic mass is 32.2. The number of thiol groups is 1. The highest BCUT2D eigenvalue weighted by Crippen LogP contribution is 2.29. The topological polar surface area (TPSA) is 83.9 Å². The van der Waals surface area contributed by atoms with Crippen LogP contribution in [0.5, 0.6) is 5.75 Å². The van der Waals surface area contributed by atoms with Crippen molar-refractivity contribution < 1.29 is 23.1 Å². The van der Waals surface area contributed by atoms with E-state index in [1.54, 1.807) is 0 Å². The Morgan fingerprint density at radius 3 is 2.50 bits per heavy atom. The summed E-state index contributed by atoms with van der Waals surface area (Å²) < 4.78 is 30.9. The number of methoxy groups -OCH3 is 1. The van der Waals surface area contributed by atoms with Crippen molar-refractivity contribution in [1.29, 1.82) is 0 Å². The van der Waals surface area contributed by atoms with Crippen molar-refractivity contribution in [2.45, 2.75) is 22.6 Å². The first-order valence-electron chi connectivity index (χ1n) is 5.93. The zero-order valence-corrected chi connectivity index (χ0v) is 12.5. The predicted octanol–water partition coefficient (Wildman–Crippen LogP) is 0.841. The number of rotatable bonds is 4. The molecular formula is C12H15NO5S2. The van der Waals surface area contributed by atoms with Gasteiger partial charge in [0.1, 0.15) is 11.8 Å². The van der Waals surface area contributed by atoms with Gasteiger partial charge in [-0.05, 0) is 30.7 Å². The van der Waals surface area contributed by atoms with E-state index in [0.717, 1.165) is 4.31 Å². The van der Waals surface area contributed by atoms with E-state index in [9.17, 15) is 13.2 Å². The minimum atomic E-state index is -3.84. The molecule has 1 saturated heterocycles. The van der Waals surface area contributed by atoms with E-state index in [2.05, 4.69) is 12.6 Å². The Morgan fingerprint density at radius 2 is 2.00 bits per heavy atom. The SMILES string of the molecule is COc1ccc(S(=O)(=O)N2CC(S)CC2C(=O)O)cc1. The van der Waals surface area contributed by atoms with Crippen molar-refractivity contribution in [3.63, 3.8) is 0 Å². The highest BCUT2D eigenvalue weighted by molar-refractivity contribution is 7.89. The molecule has 2 atom stereocenters. The van der Waals surface area contributed by atoms with Gasteiger partial charge >= 0.3 is 5.97 Å². The van der Waals surface area contributed by atoms with E-state index < -0.39 is 22.0 Å². The summed E-state index contributed by atoms with van der Waals surface area (Å²) in [6.45, 7) is 0.0917. The molecule has 110 valence electrons. The summed E-state index contributed by atoms with van der Waals surface area (Å²) in [4.78, 5) is 11.2. The molecule has 0 aromatic heterocycles. The zero-order valence-electron chi connectivity index (χ0n) is 10.8. The summed E-state index contributed by atoms with van der Waals surface area (Å²) >= 11 is 4.19. The Labute approximate surface area is 122 Å². The molecule has 0 radical (unpaired) electrons. The van der Waals surface area contributed by atoms with Crippen LogP contribution >= 0.6 is 12.6 Å². The van der Waals surface area contributed by atoms with Gasteiger partial charge in [-0.3, -0.25) is 4.79 Å². The third-order valence-electron chi connectivity index (χ3n) is 3.18. The minimum Gasteiger partial charge on any atom is -0.497 e. The molecule has 0 bridgehead atoms. The average molecular weight is 317 g/mol. The number of hydrogen-bond donors (Lipinski definition) is 2. The summed E-state index contributed by atoms with van der Waals surface area (Å²) in [5, 5.41) is 8.86. The van der Waals surface area contributed by atoms with Crippen LogP contribution in [0.1, 0.15) is 6.42 Å². The van der Waals surface area contributed by atoms with E-state index in [4.69, 9.17) is 9.84 Å². The fourth-order valence-electron chi connectivity index (χ4n) is 2.16. The molecule has 1 aliphatic heterocycles. The van der Waals surface area contributed by atoms with Crippen molar-refractivity contribution >= 4 is 28.6 Å². The highest BCUT2D eigenvalue weighted by Gasteiger charge is 2.42. The van der Waals surface area contributed by atoms with Gasteiger partial charge in [0.25, 0.3) is 0 Å². The molecule has 1 aromatic carbocycles. The van der Waals surface area contributed by atoms with Crippen LogP contribution in [-0.2, 0) is 14.8 Å². The zero-order chi connectivity index (χ0) is 14.9. The summed E-state index contributed by atoms with van der Waals surface area (Å²) in [6.07, 6.45) is 0.202. The standard InChI is InChI=1S/C12H15NO5S2/c1-18-8-2-4-10(5-3-8)20(16,17)13-7-9(19)6-11(13)12(14)15/h2-5,9,11,19H,6-7H2,1H3,(H,14,15). The lowest BCUT2D eigenvalue weighted by molar-refractivity contribution is -0.140. The van der Waals surface area contributed by atoms with Crippen molar-refractivity contribution in [2.24, 2.45) is 0 Å². The van der Waals surface area contributed by atoms with E-state index in [1.165, 1.54) is 31.4 Å². The summed E-state index contributed by atoms with van der Waals surface area (Å²) in [5.41, 5.74) is 0. The fourth-order valence-corrected chi connectivity index (χ4v) is 4.28. The van der Waals surface area contributed by atoms with Crippen LogP contribution in [0.2, 0.25) is 0 Å². The molecule has 2 unspecified atom stereocenters. The number of sulfonamides is 1. The van der Waals surface area contributed by atoms with Crippen LogP contribution in [0.15, 0.2) is 29.2 Å². The van der Waals surface area contributed by atoms with Crippen LogP contribution in [0.4, 0.5) is 0 Å². The van der Waals surface area contributed by atoms with E-state index in [-0.39, 0.29) is 23.1 Å². The second-order valence-corrected chi connectivity index (χ2v) is 7.11. The molecule has 0 spiro atoms. The van der Waals surface area contributed by atoms with Gasteiger partial charge in [0.15, 0.2) is 0 Å². The lowest BCUT2D eigenvalue weighted by Gasteiger charge is -2.20. The quantitative estimate of drug-likeness (QED) is 0.804. The van der Waals surface area contributed by atoms with E-state index in [1.807, 2.05) is 0 Å². The molecule has 1 aliphatic rings. The van der Waals surface area contributed by atoms with Crippen molar-refractivity contribution in [3.8, 4) is 5.75 Å². The second kappa shape index (κ2) is 5.63. The van der Waals surface area contributed by atoms with E-state index in [0.29, 0.717) is 5.75 Å². The summed E-state index contributed by atoms with van der Waals surface area (Å²) in [6, 6.07) is 4.79. The van der Waals surface area contributed by atoms with E-state index >= 15 is 0 Å². The monoisotopic (exact) mass is 317 g/mol. The molecule has 1 heterocycles. The molecule has 0 aliphatic carbocycles. The minimum absolute atomic E-state index is 0.0481. The first-order chi connectivity index (χ1) is 9.36. The van der Waals surface area contributed by atoms with Gasteiger partial charge in [-0.2, -0.15) is 16.9 Å². The third kappa shape index (κ3) is 2.77. The Morgan fingerprint density at radius 1 is 1.40 bits per heavy atom. The van der Waals surface area contributed by atoms with Crippen LogP contribution in [-0.4, -0.2) is 48.7 Å². The summed E-state index contributed by atoms with van der Waals surface area (Å²) in [7, 11) is -2.36. The number of hydrogen-bond acceptors (Lipinski definition) is 5. The fraction of sp³-hybridized carbons (Fsp3) is 0.417. The van der Waals surface area contributed by atoms with Crippen LogP contribution in [0.3, 0.4) is 0 Å². The lowest BCUT2D eigenvalue weighted by Crippen LogP contribution is -2.40. The summed E-state index contributed by atoms with van der Waals surface area (Å²) in [5.74, 6) is -0.620. The largest absolute Gasteiger partial charge is 0.497 e. The number of aliphatic carboxylic acids is 1. The molecular weight excluding hydrogens is 302 g/mol. The Balaban J connectivity index is 2.35. The molecule has 1 N–H and O–H groups in total. The molecule has 20 heavy (non-hydrogen) atoms. The van der Waals surface area contributed by atoms with Crippen LogP contribution in [0.25, 0.3) is 0 Å². The molecule has 1 fully saturated rings. The van der Waals surface area contributed by atoms with Crippen molar-refractivity contribution in [3.05, 3.63) is 24.3 Å². The van der Waals surface area contributed by atoms with Gasteiger partial charge in [-0.15, -0.1) is 0 Å². The van der Waals surface area contributed by atoms with Gasteiger partial charge in [0.2, 0.25) is 10.0 Å². The van der Waals surface area contributed by atoms with Crippen LogP contribution < -0.4 is 4.74 Å². The number of carboxylic acid groups (broad SMARTS) is 1. The molecule has 6 nitrogen and oxygen atoms in total. The Hall–Kier alpha value is -1.25. The second-order valence-electron chi connectivity index (χ2n) is 4.49. The molecule has 2 rings (SSSR count). The first-order valence-corrected chi connectivity index (χ1v) is 7.88. The number of benzene rings is 1.